The first-order valence-electron chi connectivity index (χ1n) is 13.2. The first-order valence-corrected chi connectivity index (χ1v) is 19.7. The summed E-state index contributed by atoms with van der Waals surface area (Å²) in [4.78, 5) is 0. The molecule has 0 spiro atoms. The van der Waals surface area contributed by atoms with E-state index in [1.807, 2.05) is 62.4 Å². The van der Waals surface area contributed by atoms with Crippen LogP contribution in [0.2, 0.25) is 0 Å². The van der Waals surface area contributed by atoms with Crippen LogP contribution in [-0.4, -0.2) is 20.4 Å². The summed E-state index contributed by atoms with van der Waals surface area (Å²) in [5.41, 5.74) is 7.99. The molecule has 2 unspecified atom stereocenters. The molecule has 226 valence electrons. The number of hydrogen-bond acceptors (Lipinski definition) is 4. The summed E-state index contributed by atoms with van der Waals surface area (Å²) >= 11 is 13.1. The average molecular weight is 1260 g/mol. The Hall–Kier alpha value is -0.320. The Morgan fingerprint density at radius 2 is 0.591 bits per heavy atom. The minimum Gasteiger partial charge on any atom is -0.507 e. The lowest BCUT2D eigenvalue weighted by atomic mass is 9.81. The molecule has 5 aromatic rings. The average Bonchev–Trinajstić information content (AvgIpc) is 2.97. The van der Waals surface area contributed by atoms with E-state index in [0.29, 0.717) is 0 Å². The molecule has 0 bridgehead atoms. The normalized spacial score (nSPS) is 12.7. The van der Waals surface area contributed by atoms with Gasteiger partial charge in [-0.05, 0) is 230 Å². The van der Waals surface area contributed by atoms with Gasteiger partial charge in [-0.15, -0.1) is 0 Å². The van der Waals surface area contributed by atoms with Gasteiger partial charge in [-0.25, -0.2) is 0 Å². The van der Waals surface area contributed by atoms with E-state index in [-0.39, 0.29) is 34.8 Å². The number of halogens is 6. The predicted molar refractivity (Wildman–Crippen MR) is 227 cm³/mol. The summed E-state index contributed by atoms with van der Waals surface area (Å²) in [7, 11) is 0. The molecule has 5 aromatic carbocycles. The monoisotopic (exact) mass is 1260 g/mol. The molecule has 0 amide bonds. The van der Waals surface area contributed by atoms with Crippen LogP contribution in [0.5, 0.6) is 23.0 Å². The summed E-state index contributed by atoms with van der Waals surface area (Å²) in [6.45, 7) is 3.83. The first kappa shape index (κ1) is 35.0. The van der Waals surface area contributed by atoms with Crippen LogP contribution in [-0.2, 0) is 0 Å². The summed E-state index contributed by atoms with van der Waals surface area (Å²) in [6.07, 6.45) is 0. The zero-order chi connectivity index (χ0) is 32.0. The van der Waals surface area contributed by atoms with Crippen molar-refractivity contribution in [2.75, 3.05) is 0 Å². The van der Waals surface area contributed by atoms with Crippen LogP contribution in [0.3, 0.4) is 0 Å². The van der Waals surface area contributed by atoms with E-state index in [1.54, 1.807) is 0 Å². The highest BCUT2D eigenvalue weighted by Crippen LogP contribution is 2.42. The van der Waals surface area contributed by atoms with Crippen molar-refractivity contribution in [2.45, 2.75) is 25.7 Å². The molecule has 0 saturated carbocycles. The largest absolute Gasteiger partial charge is 0.507 e. The third-order valence-electron chi connectivity index (χ3n) is 7.57. The van der Waals surface area contributed by atoms with Gasteiger partial charge >= 0.3 is 0 Å². The molecule has 0 heterocycles. The third kappa shape index (κ3) is 7.23. The van der Waals surface area contributed by atoms with E-state index in [4.69, 9.17) is 0 Å². The Balaban J connectivity index is 1.70. The van der Waals surface area contributed by atoms with Crippen molar-refractivity contribution in [1.29, 1.82) is 0 Å². The quantitative estimate of drug-likeness (QED) is 0.101. The molecule has 5 rings (SSSR count). The standard InChI is InChI=1S/C34H24I6O4/c1-15-7-19(9-23(35)31(15)41)29(21-11-25(37)33(43)26(38)12-21)17-3-5-18(6-4-17)30(20-8-16(2)32(42)24(36)10-20)22-13-27(39)34(44)28(40)14-22/h3-14,29-30,41-44H,1-2H3. The van der Waals surface area contributed by atoms with Gasteiger partial charge < -0.3 is 20.4 Å². The molecule has 2 atom stereocenters. The van der Waals surface area contributed by atoms with Gasteiger partial charge in [0.05, 0.1) is 21.4 Å². The topological polar surface area (TPSA) is 80.9 Å². The molecule has 4 N–H and O–H groups in total. The van der Waals surface area contributed by atoms with Gasteiger partial charge in [0.25, 0.3) is 0 Å². The van der Waals surface area contributed by atoms with Gasteiger partial charge in [0, 0.05) is 11.8 Å². The second-order valence-corrected chi connectivity index (χ2v) is 17.5. The molecule has 0 aliphatic heterocycles. The van der Waals surface area contributed by atoms with Gasteiger partial charge in [0.15, 0.2) is 0 Å². The highest BCUT2D eigenvalue weighted by atomic mass is 127. The van der Waals surface area contributed by atoms with E-state index >= 15 is 0 Å². The predicted octanol–water partition coefficient (Wildman–Crippen LogP) is 11.1. The Kier molecular flexibility index (Phi) is 11.5. The van der Waals surface area contributed by atoms with E-state index in [1.165, 1.54) is 0 Å². The Labute approximate surface area is 338 Å². The molecular formula is C34H24I6O4. The van der Waals surface area contributed by atoms with Crippen molar-refractivity contribution in [1.82, 2.24) is 0 Å². The van der Waals surface area contributed by atoms with Crippen molar-refractivity contribution in [2.24, 2.45) is 0 Å². The molecule has 4 nitrogen and oxygen atoms in total. The van der Waals surface area contributed by atoms with E-state index < -0.39 is 0 Å². The number of aromatic hydroxyl groups is 4. The molecular weight excluding hydrogens is 1230 g/mol. The van der Waals surface area contributed by atoms with E-state index in [2.05, 4.69) is 160 Å². The molecule has 0 saturated heterocycles. The Morgan fingerprint density at radius 1 is 0.364 bits per heavy atom. The molecule has 0 aromatic heterocycles. The highest BCUT2D eigenvalue weighted by Gasteiger charge is 2.25. The smallest absolute Gasteiger partial charge is 0.142 e. The third-order valence-corrected chi connectivity index (χ3v) is 12.5. The van der Waals surface area contributed by atoms with Gasteiger partial charge in [0.2, 0.25) is 0 Å². The fraction of sp³-hybridized carbons (Fsp3) is 0.118. The van der Waals surface area contributed by atoms with Crippen LogP contribution in [0.1, 0.15) is 56.3 Å². The first-order chi connectivity index (χ1) is 20.8. The SMILES string of the molecule is Cc1cc(C(c2ccc(C(c3cc(C)c(O)c(I)c3)c3cc(I)c(O)c(I)c3)cc2)c2cc(I)c(O)c(I)c2)cc(I)c1O. The van der Waals surface area contributed by atoms with Crippen molar-refractivity contribution in [3.8, 4) is 23.0 Å². The lowest BCUT2D eigenvalue weighted by Gasteiger charge is -2.24. The molecule has 44 heavy (non-hydrogen) atoms. The van der Waals surface area contributed by atoms with Crippen LogP contribution in [0, 0.1) is 35.3 Å². The number of phenolic OH excluding ortho intramolecular Hbond substituents is 4. The lowest BCUT2D eigenvalue weighted by Crippen LogP contribution is -2.08. The van der Waals surface area contributed by atoms with Crippen LogP contribution in [0.4, 0.5) is 0 Å². The fourth-order valence-electron chi connectivity index (χ4n) is 5.40. The molecule has 0 aliphatic carbocycles. The number of phenols is 4. The summed E-state index contributed by atoms with van der Waals surface area (Å²) < 4.78 is 4.71. The van der Waals surface area contributed by atoms with Crippen LogP contribution in [0.15, 0.2) is 72.8 Å². The van der Waals surface area contributed by atoms with Gasteiger partial charge in [-0.2, -0.15) is 0 Å². The van der Waals surface area contributed by atoms with Gasteiger partial charge in [0.1, 0.15) is 23.0 Å². The highest BCUT2D eigenvalue weighted by molar-refractivity contribution is 14.1. The molecule has 10 heteroatoms. The maximum absolute atomic E-state index is 10.5. The van der Waals surface area contributed by atoms with Gasteiger partial charge in [-0.3, -0.25) is 0 Å². The van der Waals surface area contributed by atoms with Crippen molar-refractivity contribution in [3.05, 3.63) is 139 Å². The maximum atomic E-state index is 10.5. The van der Waals surface area contributed by atoms with E-state index in [9.17, 15) is 20.4 Å². The van der Waals surface area contributed by atoms with E-state index in [0.717, 1.165) is 65.9 Å². The maximum Gasteiger partial charge on any atom is 0.142 e. The minimum absolute atomic E-state index is 0.134. The zero-order valence-corrected chi connectivity index (χ0v) is 36.1. The lowest BCUT2D eigenvalue weighted by molar-refractivity contribution is 0.466. The fourth-order valence-corrected chi connectivity index (χ4v) is 10.6. The Bertz CT molecular complexity index is 1560. The minimum atomic E-state index is -0.134. The molecule has 0 aliphatic rings. The second-order valence-electron chi connectivity index (χ2n) is 10.5. The van der Waals surface area contributed by atoms with Crippen molar-refractivity contribution < 1.29 is 20.4 Å². The van der Waals surface area contributed by atoms with Crippen molar-refractivity contribution in [3.63, 3.8) is 0 Å². The molecule has 0 fully saturated rings. The van der Waals surface area contributed by atoms with Gasteiger partial charge in [-0.1, -0.05) is 36.4 Å². The van der Waals surface area contributed by atoms with Crippen LogP contribution in [0.25, 0.3) is 0 Å². The summed E-state index contributed by atoms with van der Waals surface area (Å²) in [5.74, 6) is 0.868. The summed E-state index contributed by atoms with van der Waals surface area (Å²) in [6, 6.07) is 24.8. The van der Waals surface area contributed by atoms with Crippen LogP contribution >= 0.6 is 136 Å². The van der Waals surface area contributed by atoms with Crippen LogP contribution < -0.4 is 0 Å². The number of hydrogen-bond donors (Lipinski definition) is 4. The van der Waals surface area contributed by atoms with Crippen molar-refractivity contribution >= 4 is 136 Å². The molecule has 0 radical (unpaired) electrons. The number of rotatable bonds is 6. The second kappa shape index (κ2) is 14.4. The Morgan fingerprint density at radius 3 is 0.841 bits per heavy atom. The zero-order valence-electron chi connectivity index (χ0n) is 23.1. The number of aryl methyl sites for hydroxylation is 2. The number of benzene rings is 5. The summed E-state index contributed by atoms with van der Waals surface area (Å²) in [5, 5.41) is 42.1.